The minimum absolute atomic E-state index is 0.369. The van der Waals surface area contributed by atoms with Crippen molar-refractivity contribution in [2.45, 2.75) is 69.2 Å². The second kappa shape index (κ2) is 8.38. The molecule has 1 aromatic rings. The zero-order valence-corrected chi connectivity index (χ0v) is 13.6. The summed E-state index contributed by atoms with van der Waals surface area (Å²) in [6.45, 7) is 3.81. The molecule has 1 saturated carbocycles. The van der Waals surface area contributed by atoms with Crippen molar-refractivity contribution in [1.82, 2.24) is 5.32 Å². The van der Waals surface area contributed by atoms with E-state index in [0.29, 0.717) is 11.5 Å². The lowest BCUT2D eigenvalue weighted by molar-refractivity contribution is 0.288. The summed E-state index contributed by atoms with van der Waals surface area (Å²) in [6, 6.07) is 11.8. The molecule has 0 aliphatic heterocycles. The van der Waals surface area contributed by atoms with Crippen LogP contribution in [0.1, 0.15) is 63.4 Å². The molecule has 0 saturated heterocycles. The molecule has 1 heteroatoms. The maximum atomic E-state index is 3.81. The largest absolute Gasteiger partial charge is 0.316 e. The number of hydrogen-bond donors (Lipinski definition) is 1. The van der Waals surface area contributed by atoms with Crippen molar-refractivity contribution < 1.29 is 0 Å². The van der Waals surface area contributed by atoms with E-state index in [0.717, 1.165) is 6.42 Å². The first-order chi connectivity index (χ1) is 10.3. The Balaban J connectivity index is 2.03. The molecule has 0 spiro atoms. The van der Waals surface area contributed by atoms with Crippen molar-refractivity contribution in [2.24, 2.45) is 0 Å². The number of benzene rings is 1. The molecule has 1 aromatic carbocycles. The van der Waals surface area contributed by atoms with Gasteiger partial charge in [0.1, 0.15) is 0 Å². The number of unbranched alkanes of at least 4 members (excludes halogenated alkanes) is 3. The molecule has 1 N–H and O–H groups in total. The molecule has 1 unspecified atom stereocenters. The Labute approximate surface area is 130 Å². The highest BCUT2D eigenvalue weighted by atomic mass is 14.9. The first-order valence-electron chi connectivity index (χ1n) is 8.67. The molecule has 1 nitrogen and oxygen atoms in total. The van der Waals surface area contributed by atoms with Crippen LogP contribution < -0.4 is 5.32 Å². The Bertz CT molecular complexity index is 403. The highest BCUT2D eigenvalue weighted by Gasteiger charge is 2.41. The van der Waals surface area contributed by atoms with Crippen LogP contribution in [0.4, 0.5) is 0 Å². The predicted molar refractivity (Wildman–Crippen MR) is 92.7 cm³/mol. The summed E-state index contributed by atoms with van der Waals surface area (Å²) in [4.78, 5) is 0. The third-order valence-electron chi connectivity index (χ3n) is 5.26. The van der Waals surface area contributed by atoms with Gasteiger partial charge < -0.3 is 5.32 Å². The van der Waals surface area contributed by atoms with Gasteiger partial charge in [-0.1, -0.05) is 62.1 Å². The van der Waals surface area contributed by atoms with Crippen LogP contribution in [0.5, 0.6) is 0 Å². The molecule has 1 fully saturated rings. The number of hydrogen-bond acceptors (Lipinski definition) is 1. The molecule has 0 bridgehead atoms. The lowest BCUT2D eigenvalue weighted by atomic mass is 9.71. The number of rotatable bonds is 9. The third kappa shape index (κ3) is 3.97. The van der Waals surface area contributed by atoms with E-state index in [-0.39, 0.29) is 0 Å². The Morgan fingerprint density at radius 2 is 1.86 bits per heavy atom. The molecule has 1 aliphatic carbocycles. The van der Waals surface area contributed by atoms with Crippen LogP contribution in [-0.2, 0) is 5.41 Å². The monoisotopic (exact) mass is 285 g/mol. The summed E-state index contributed by atoms with van der Waals surface area (Å²) in [5.41, 5.74) is 1.92. The fraction of sp³-hybridized carbons (Fsp3) is 0.600. The Morgan fingerprint density at radius 3 is 2.48 bits per heavy atom. The average molecular weight is 285 g/mol. The number of allylic oxidation sites excluding steroid dienone is 1. The second-order valence-electron chi connectivity index (χ2n) is 6.50. The highest BCUT2D eigenvalue weighted by molar-refractivity contribution is 5.29. The van der Waals surface area contributed by atoms with Crippen LogP contribution in [0.15, 0.2) is 43.0 Å². The lowest BCUT2D eigenvalue weighted by Crippen LogP contribution is -2.45. The maximum absolute atomic E-state index is 3.81. The molecule has 0 aromatic heterocycles. The van der Waals surface area contributed by atoms with Crippen LogP contribution in [0.3, 0.4) is 0 Å². The van der Waals surface area contributed by atoms with Crippen LogP contribution in [0.2, 0.25) is 0 Å². The van der Waals surface area contributed by atoms with Gasteiger partial charge in [0, 0.05) is 11.5 Å². The molecular formula is C20H31N. The van der Waals surface area contributed by atoms with Crippen LogP contribution >= 0.6 is 0 Å². The third-order valence-corrected chi connectivity index (χ3v) is 5.26. The van der Waals surface area contributed by atoms with E-state index in [1.165, 1.54) is 51.4 Å². The lowest BCUT2D eigenvalue weighted by Gasteiger charge is -2.38. The van der Waals surface area contributed by atoms with E-state index in [1.54, 1.807) is 5.56 Å². The Morgan fingerprint density at radius 1 is 1.14 bits per heavy atom. The van der Waals surface area contributed by atoms with Gasteiger partial charge in [0.25, 0.3) is 0 Å². The van der Waals surface area contributed by atoms with Gasteiger partial charge in [0.2, 0.25) is 0 Å². The van der Waals surface area contributed by atoms with Crippen molar-refractivity contribution in [1.29, 1.82) is 0 Å². The SMILES string of the molecule is C=CCCCCCC(NC)C1(c2ccccc2)CCCC1. The van der Waals surface area contributed by atoms with Gasteiger partial charge in [-0.15, -0.1) is 6.58 Å². The van der Waals surface area contributed by atoms with Crippen LogP contribution in [-0.4, -0.2) is 13.1 Å². The molecule has 21 heavy (non-hydrogen) atoms. The minimum atomic E-state index is 0.369. The smallest absolute Gasteiger partial charge is 0.0161 e. The van der Waals surface area contributed by atoms with Crippen molar-refractivity contribution in [3.63, 3.8) is 0 Å². The number of nitrogens with one attached hydrogen (secondary N) is 1. The average Bonchev–Trinajstić information content (AvgIpc) is 3.02. The van der Waals surface area contributed by atoms with Gasteiger partial charge in [-0.3, -0.25) is 0 Å². The molecule has 116 valence electrons. The van der Waals surface area contributed by atoms with Crippen LogP contribution in [0.25, 0.3) is 0 Å². The first-order valence-corrected chi connectivity index (χ1v) is 8.67. The summed E-state index contributed by atoms with van der Waals surface area (Å²) >= 11 is 0. The van der Waals surface area contributed by atoms with E-state index in [9.17, 15) is 0 Å². The fourth-order valence-electron chi connectivity index (χ4n) is 4.13. The van der Waals surface area contributed by atoms with Gasteiger partial charge in [0.15, 0.2) is 0 Å². The minimum Gasteiger partial charge on any atom is -0.316 e. The molecule has 2 rings (SSSR count). The Kier molecular flexibility index (Phi) is 6.50. The van der Waals surface area contributed by atoms with Crippen molar-refractivity contribution in [3.8, 4) is 0 Å². The van der Waals surface area contributed by atoms with Crippen molar-refractivity contribution in [2.75, 3.05) is 7.05 Å². The van der Waals surface area contributed by atoms with E-state index in [4.69, 9.17) is 0 Å². The van der Waals surface area contributed by atoms with Gasteiger partial charge in [-0.2, -0.15) is 0 Å². The van der Waals surface area contributed by atoms with Crippen molar-refractivity contribution >= 4 is 0 Å². The predicted octanol–water partition coefficient (Wildman–Crippen LogP) is 5.22. The van der Waals surface area contributed by atoms with E-state index in [1.807, 2.05) is 6.08 Å². The van der Waals surface area contributed by atoms with E-state index < -0.39 is 0 Å². The topological polar surface area (TPSA) is 12.0 Å². The molecule has 0 radical (unpaired) electrons. The molecule has 1 atom stereocenters. The summed E-state index contributed by atoms with van der Waals surface area (Å²) < 4.78 is 0. The van der Waals surface area contributed by atoms with Crippen LogP contribution in [0, 0.1) is 0 Å². The van der Waals surface area contributed by atoms with E-state index >= 15 is 0 Å². The zero-order valence-electron chi connectivity index (χ0n) is 13.6. The molecule has 0 heterocycles. The standard InChI is InChI=1S/C20H31N/c1-3-4-5-6-10-15-19(21-2)20(16-11-12-17-20)18-13-8-7-9-14-18/h3,7-9,13-14,19,21H,1,4-6,10-12,15-17H2,2H3. The van der Waals surface area contributed by atoms with Crippen molar-refractivity contribution in [3.05, 3.63) is 48.6 Å². The zero-order chi connectivity index (χ0) is 15.0. The van der Waals surface area contributed by atoms with Gasteiger partial charge in [-0.05, 0) is 44.7 Å². The normalized spacial score (nSPS) is 18.5. The fourth-order valence-corrected chi connectivity index (χ4v) is 4.13. The van der Waals surface area contributed by atoms with Gasteiger partial charge in [-0.25, -0.2) is 0 Å². The number of likely N-dealkylation sites (N-methyl/N-ethyl adjacent to an activating group) is 1. The molecule has 1 aliphatic rings. The maximum Gasteiger partial charge on any atom is 0.0161 e. The summed E-state index contributed by atoms with van der Waals surface area (Å²) in [7, 11) is 2.15. The summed E-state index contributed by atoms with van der Waals surface area (Å²) in [5.74, 6) is 0. The molecular weight excluding hydrogens is 254 g/mol. The van der Waals surface area contributed by atoms with Gasteiger partial charge in [0.05, 0.1) is 0 Å². The summed E-state index contributed by atoms with van der Waals surface area (Å²) in [6.07, 6.45) is 13.9. The molecule has 0 amide bonds. The first kappa shape index (κ1) is 16.3. The highest BCUT2D eigenvalue weighted by Crippen LogP contribution is 2.45. The summed E-state index contributed by atoms with van der Waals surface area (Å²) in [5, 5.41) is 3.65. The van der Waals surface area contributed by atoms with Gasteiger partial charge >= 0.3 is 0 Å². The quantitative estimate of drug-likeness (QED) is 0.484. The Hall–Kier alpha value is -1.08. The van der Waals surface area contributed by atoms with E-state index in [2.05, 4.69) is 49.3 Å². The second-order valence-corrected chi connectivity index (χ2v) is 6.50.